The number of sulfonamides is 1. The fraction of sp³-hybridized carbons (Fsp3) is 0.447. The predicted octanol–water partition coefficient (Wildman–Crippen LogP) is 8.26. The third-order valence-electron chi connectivity index (χ3n) is 7.46. The van der Waals surface area contributed by atoms with Crippen molar-refractivity contribution in [3.63, 3.8) is 0 Å². The lowest BCUT2D eigenvalue weighted by Gasteiger charge is -2.29. The second kappa shape index (κ2) is 16.6. The number of nitrogens with zero attached hydrogens (tertiary/aromatic N) is 6. The van der Waals surface area contributed by atoms with Crippen molar-refractivity contribution in [2.24, 2.45) is 0 Å². The van der Waals surface area contributed by atoms with Crippen molar-refractivity contribution in [2.45, 2.75) is 90.4 Å². The summed E-state index contributed by atoms with van der Waals surface area (Å²) >= 11 is 12.3. The highest BCUT2D eigenvalue weighted by molar-refractivity contribution is 7.92. The fourth-order valence-electron chi connectivity index (χ4n) is 5.22. The highest BCUT2D eigenvalue weighted by Crippen LogP contribution is 2.31. The quantitative estimate of drug-likeness (QED) is 0.106. The maximum absolute atomic E-state index is 14.0. The zero-order valence-corrected chi connectivity index (χ0v) is 35.0. The number of anilines is 2. The van der Waals surface area contributed by atoms with Gasteiger partial charge in [-0.1, -0.05) is 23.2 Å². The van der Waals surface area contributed by atoms with Gasteiger partial charge in [0.1, 0.15) is 23.3 Å². The van der Waals surface area contributed by atoms with Crippen LogP contribution in [0.1, 0.15) is 68.7 Å². The van der Waals surface area contributed by atoms with Crippen LogP contribution < -0.4 is 9.21 Å². The van der Waals surface area contributed by atoms with Crippen molar-refractivity contribution in [1.29, 1.82) is 0 Å². The van der Waals surface area contributed by atoms with E-state index in [2.05, 4.69) is 10.2 Å². The molecule has 4 aromatic rings. The molecule has 4 rings (SSSR count). The SMILES string of the molecule is CN(CCCN(C(=O)OC(C)(C)C)C(=O)OC(C)(C)C)c1ccc(-n2ccc3cc(N(CC(=O)OC(C)(C)C)S(=O)(=O)c4cc(Cl)cc(Cl)c4)ccc32)nn1. The van der Waals surface area contributed by atoms with Crippen LogP contribution in [-0.2, 0) is 29.0 Å². The third kappa shape index (κ3) is 11.9. The number of benzene rings is 2. The van der Waals surface area contributed by atoms with E-state index in [0.29, 0.717) is 35.5 Å². The summed E-state index contributed by atoms with van der Waals surface area (Å²) in [6.07, 6.45) is 0.590. The summed E-state index contributed by atoms with van der Waals surface area (Å²) in [6.45, 7) is 15.3. The van der Waals surface area contributed by atoms with Crippen molar-refractivity contribution in [1.82, 2.24) is 19.7 Å². The number of fused-ring (bicyclic) bond motifs is 1. The molecule has 298 valence electrons. The van der Waals surface area contributed by atoms with Crippen molar-refractivity contribution in [2.75, 3.05) is 35.9 Å². The van der Waals surface area contributed by atoms with Gasteiger partial charge in [0.25, 0.3) is 10.0 Å². The molecule has 0 aliphatic heterocycles. The van der Waals surface area contributed by atoms with E-state index in [-0.39, 0.29) is 27.2 Å². The zero-order valence-electron chi connectivity index (χ0n) is 32.7. The molecule has 2 amide bonds. The Hall–Kier alpha value is -4.60. The van der Waals surface area contributed by atoms with Gasteiger partial charge in [-0.05, 0) is 123 Å². The molecular weight excluding hydrogens is 771 g/mol. The first kappa shape index (κ1) is 43.1. The van der Waals surface area contributed by atoms with Gasteiger partial charge in [0.15, 0.2) is 11.6 Å². The molecule has 14 nitrogen and oxygen atoms in total. The molecule has 2 heterocycles. The van der Waals surface area contributed by atoms with Crippen molar-refractivity contribution in [3.8, 4) is 5.82 Å². The molecule has 0 saturated carbocycles. The summed E-state index contributed by atoms with van der Waals surface area (Å²) in [5, 5.41) is 9.72. The Labute approximate surface area is 332 Å². The molecule has 0 aliphatic rings. The number of imide groups is 1. The van der Waals surface area contributed by atoms with Crippen LogP contribution in [0.15, 0.2) is 65.7 Å². The third-order valence-corrected chi connectivity index (χ3v) is 9.64. The number of hydrogen-bond donors (Lipinski definition) is 0. The number of carbonyl (C=O) groups excluding carboxylic acids is 3. The number of aromatic nitrogens is 3. The molecule has 0 aliphatic carbocycles. The van der Waals surface area contributed by atoms with Crippen LogP contribution in [0.25, 0.3) is 16.7 Å². The van der Waals surface area contributed by atoms with E-state index in [9.17, 15) is 22.8 Å². The largest absolute Gasteiger partial charge is 0.459 e. The Morgan fingerprint density at radius 3 is 1.85 bits per heavy atom. The van der Waals surface area contributed by atoms with Gasteiger partial charge in [0, 0.05) is 41.8 Å². The summed E-state index contributed by atoms with van der Waals surface area (Å²) in [5.74, 6) is 0.297. The molecule has 0 unspecified atom stereocenters. The molecule has 0 radical (unpaired) electrons. The maximum atomic E-state index is 14.0. The van der Waals surface area contributed by atoms with E-state index in [1.165, 1.54) is 18.2 Å². The molecule has 0 atom stereocenters. The molecule has 0 N–H and O–H groups in total. The number of esters is 1. The highest BCUT2D eigenvalue weighted by atomic mass is 35.5. The summed E-state index contributed by atoms with van der Waals surface area (Å²) in [7, 11) is -2.52. The van der Waals surface area contributed by atoms with E-state index in [4.69, 9.17) is 37.4 Å². The monoisotopic (exact) mass is 818 g/mol. The molecule has 0 spiro atoms. The van der Waals surface area contributed by atoms with Crippen LogP contribution in [-0.4, -0.2) is 89.7 Å². The molecule has 0 saturated heterocycles. The minimum atomic E-state index is -4.33. The van der Waals surface area contributed by atoms with E-state index in [1.807, 2.05) is 11.9 Å². The Morgan fingerprint density at radius 1 is 0.745 bits per heavy atom. The van der Waals surface area contributed by atoms with Gasteiger partial charge >= 0.3 is 18.2 Å². The summed E-state index contributed by atoms with van der Waals surface area (Å²) in [5.41, 5.74) is -1.53. The molecule has 0 bridgehead atoms. The van der Waals surface area contributed by atoms with Crippen molar-refractivity contribution in [3.05, 3.63) is 70.8 Å². The Morgan fingerprint density at radius 2 is 1.33 bits per heavy atom. The molecule has 55 heavy (non-hydrogen) atoms. The molecule has 17 heteroatoms. The molecular formula is C38H48Cl2N6O8S. The summed E-state index contributed by atoms with van der Waals surface area (Å²) in [6, 6.07) is 14.2. The number of amides is 2. The van der Waals surface area contributed by atoms with Gasteiger partial charge in [0.2, 0.25) is 0 Å². The minimum Gasteiger partial charge on any atom is -0.459 e. The topological polar surface area (TPSA) is 153 Å². The first-order valence-electron chi connectivity index (χ1n) is 17.4. The van der Waals surface area contributed by atoms with Crippen LogP contribution >= 0.6 is 23.2 Å². The number of halogens is 2. The Bertz CT molecular complexity index is 2090. The van der Waals surface area contributed by atoms with Gasteiger partial charge in [-0.2, -0.15) is 0 Å². The lowest BCUT2D eigenvalue weighted by Crippen LogP contribution is -2.44. The van der Waals surface area contributed by atoms with Gasteiger partial charge in [-0.25, -0.2) is 22.9 Å². The lowest BCUT2D eigenvalue weighted by molar-refractivity contribution is -0.152. The number of rotatable bonds is 11. The fourth-order valence-corrected chi connectivity index (χ4v) is 7.35. The molecule has 0 fully saturated rings. The normalized spacial score (nSPS) is 12.3. The van der Waals surface area contributed by atoms with E-state index in [1.54, 1.807) is 109 Å². The smallest absolute Gasteiger partial charge is 0.419 e. The number of carbonyl (C=O) groups is 3. The van der Waals surface area contributed by atoms with Gasteiger partial charge in [-0.15, -0.1) is 10.2 Å². The second-order valence-corrected chi connectivity index (χ2v) is 18.5. The average molecular weight is 820 g/mol. The standard InChI is InChI=1S/C38H48Cl2N6O8S/c1-36(2,3)52-33(47)24-46(55(50,51)29-22-26(39)21-27(40)23-29)28-12-13-30-25(20-28)16-19-44(30)32-15-14-31(41-42-32)43(10)17-11-18-45(34(48)53-37(4,5)6)35(49)54-38(7,8)9/h12-16,19-23H,11,17-18,24H2,1-10H3. The highest BCUT2D eigenvalue weighted by Gasteiger charge is 2.32. The number of ether oxygens (including phenoxy) is 3. The number of hydrogen-bond acceptors (Lipinski definition) is 11. The first-order valence-corrected chi connectivity index (χ1v) is 19.6. The average Bonchev–Trinajstić information content (AvgIpc) is 3.46. The van der Waals surface area contributed by atoms with E-state index in [0.717, 1.165) is 9.21 Å². The Balaban J connectivity index is 1.54. The van der Waals surface area contributed by atoms with Gasteiger partial charge in [-0.3, -0.25) is 13.7 Å². The van der Waals surface area contributed by atoms with Crippen LogP contribution in [0.4, 0.5) is 21.1 Å². The van der Waals surface area contributed by atoms with E-state index >= 15 is 0 Å². The van der Waals surface area contributed by atoms with Gasteiger partial charge in [0.05, 0.1) is 16.1 Å². The molecule has 2 aromatic heterocycles. The molecule has 2 aromatic carbocycles. The van der Waals surface area contributed by atoms with Crippen LogP contribution in [0, 0.1) is 0 Å². The second-order valence-electron chi connectivity index (χ2n) is 15.8. The zero-order chi connectivity index (χ0) is 41.1. The Kier molecular flexibility index (Phi) is 13.0. The first-order chi connectivity index (χ1) is 25.3. The summed E-state index contributed by atoms with van der Waals surface area (Å²) in [4.78, 5) is 41.3. The maximum Gasteiger partial charge on any atom is 0.419 e. The van der Waals surface area contributed by atoms with Crippen molar-refractivity contribution < 1.29 is 37.0 Å². The van der Waals surface area contributed by atoms with Crippen molar-refractivity contribution >= 4 is 73.8 Å². The van der Waals surface area contributed by atoms with Crippen LogP contribution in [0.3, 0.4) is 0 Å². The summed E-state index contributed by atoms with van der Waals surface area (Å²) < 4.78 is 47.0. The predicted molar refractivity (Wildman–Crippen MR) is 213 cm³/mol. The van der Waals surface area contributed by atoms with E-state index < -0.39 is 51.5 Å². The van der Waals surface area contributed by atoms with Gasteiger partial charge < -0.3 is 19.1 Å². The van der Waals surface area contributed by atoms with Crippen LogP contribution in [0.2, 0.25) is 10.0 Å². The minimum absolute atomic E-state index is 0.0559. The lowest BCUT2D eigenvalue weighted by atomic mass is 10.2. The van der Waals surface area contributed by atoms with Crippen LogP contribution in [0.5, 0.6) is 0 Å².